The highest BCUT2D eigenvalue weighted by molar-refractivity contribution is 6.94. The van der Waals surface area contributed by atoms with Crippen LogP contribution in [0.15, 0.2) is 146 Å². The molecule has 8 aromatic rings. The topological polar surface area (TPSA) is 6.48 Å². The summed E-state index contributed by atoms with van der Waals surface area (Å²) in [7, 11) is 0. The van der Waals surface area contributed by atoms with Gasteiger partial charge in [0, 0.05) is 39.4 Å². The molecule has 0 amide bonds. The second-order valence-corrected chi connectivity index (χ2v) is 19.9. The highest BCUT2D eigenvalue weighted by Crippen LogP contribution is 2.55. The summed E-state index contributed by atoms with van der Waals surface area (Å²) in [6.45, 7) is 20.9. The molecular weight excluding hydrogens is 711 g/mol. The van der Waals surface area contributed by atoms with E-state index in [0.29, 0.717) is 0 Å². The Labute approximate surface area is 350 Å². The molecular formula is C56H51BN2. The molecule has 11 rings (SSSR count). The first kappa shape index (κ1) is 36.1. The zero-order valence-corrected chi connectivity index (χ0v) is 35.8. The highest BCUT2D eigenvalue weighted by Gasteiger charge is 2.48. The molecule has 0 radical (unpaired) electrons. The predicted octanol–water partition coefficient (Wildman–Crippen LogP) is 13.9. The van der Waals surface area contributed by atoms with Gasteiger partial charge in [0.05, 0.1) is 0 Å². The molecule has 0 fully saturated rings. The van der Waals surface area contributed by atoms with Crippen molar-refractivity contribution in [2.45, 2.75) is 78.6 Å². The van der Waals surface area contributed by atoms with Crippen molar-refractivity contribution in [2.75, 3.05) is 9.71 Å². The molecule has 8 aromatic carbocycles. The van der Waals surface area contributed by atoms with Gasteiger partial charge in [-0.3, -0.25) is 0 Å². The van der Waals surface area contributed by atoms with Crippen LogP contribution in [0.25, 0.3) is 43.8 Å². The van der Waals surface area contributed by atoms with Crippen molar-refractivity contribution in [1.82, 2.24) is 0 Å². The lowest BCUT2D eigenvalue weighted by molar-refractivity contribution is 0.589. The van der Waals surface area contributed by atoms with Gasteiger partial charge in [-0.15, -0.1) is 0 Å². The summed E-state index contributed by atoms with van der Waals surface area (Å²) >= 11 is 0. The Morgan fingerprint density at radius 2 is 1.12 bits per heavy atom. The van der Waals surface area contributed by atoms with Crippen LogP contribution in [-0.4, -0.2) is 6.85 Å². The minimum Gasteiger partial charge on any atom is -0.376 e. The molecule has 0 saturated heterocycles. The second kappa shape index (κ2) is 12.2. The average molecular weight is 763 g/mol. The van der Waals surface area contributed by atoms with Crippen molar-refractivity contribution in [3.05, 3.63) is 173 Å². The molecule has 3 heteroatoms. The van der Waals surface area contributed by atoms with Gasteiger partial charge in [0.1, 0.15) is 0 Å². The van der Waals surface area contributed by atoms with Crippen LogP contribution in [0.3, 0.4) is 0 Å². The van der Waals surface area contributed by atoms with E-state index in [1.165, 1.54) is 111 Å². The second-order valence-electron chi connectivity index (χ2n) is 19.9. The quantitative estimate of drug-likeness (QED) is 0.162. The van der Waals surface area contributed by atoms with Crippen LogP contribution in [0, 0.1) is 6.92 Å². The molecule has 288 valence electrons. The fourth-order valence-electron chi connectivity index (χ4n) is 10.7. The van der Waals surface area contributed by atoms with E-state index in [2.05, 4.69) is 218 Å². The number of hydrogen-bond donors (Lipinski definition) is 0. The lowest BCUT2D eigenvalue weighted by atomic mass is 9.42. The van der Waals surface area contributed by atoms with Crippen LogP contribution in [0.5, 0.6) is 0 Å². The average Bonchev–Trinajstić information content (AvgIpc) is 3.44. The SMILES string of the molecule is Cc1cc(C(C)(C)C)ccc1N1c2cc3c(cc2B2c4c1cc1ccccc1c4-c1c(ccc4ccccc14)N2c1ccc(C(C)(C)C)cc1)-c1ccccc1C3(C)C. The fraction of sp³-hybridized carbons (Fsp3) is 0.214. The van der Waals surface area contributed by atoms with Crippen molar-refractivity contribution in [1.29, 1.82) is 0 Å². The maximum atomic E-state index is 2.68. The Morgan fingerprint density at radius 1 is 0.492 bits per heavy atom. The monoisotopic (exact) mass is 762 g/mol. The van der Waals surface area contributed by atoms with Crippen molar-refractivity contribution < 1.29 is 0 Å². The Kier molecular flexibility index (Phi) is 7.48. The zero-order valence-electron chi connectivity index (χ0n) is 35.8. The number of nitrogens with zero attached hydrogens (tertiary/aromatic N) is 2. The van der Waals surface area contributed by atoms with Gasteiger partial charge in [-0.05, 0) is 131 Å². The van der Waals surface area contributed by atoms with Gasteiger partial charge in [0.25, 0.3) is 0 Å². The van der Waals surface area contributed by atoms with E-state index in [-0.39, 0.29) is 23.1 Å². The number of anilines is 5. The molecule has 2 heterocycles. The first-order valence-corrected chi connectivity index (χ1v) is 21.4. The van der Waals surface area contributed by atoms with Gasteiger partial charge in [-0.2, -0.15) is 0 Å². The summed E-state index contributed by atoms with van der Waals surface area (Å²) in [6.07, 6.45) is 0. The van der Waals surface area contributed by atoms with Gasteiger partial charge < -0.3 is 9.71 Å². The number of benzene rings is 8. The maximum Gasteiger partial charge on any atom is 0.333 e. The van der Waals surface area contributed by atoms with Gasteiger partial charge >= 0.3 is 6.85 Å². The first-order valence-electron chi connectivity index (χ1n) is 21.4. The van der Waals surface area contributed by atoms with E-state index in [1.54, 1.807) is 0 Å². The minimum atomic E-state index is -0.146. The lowest BCUT2D eigenvalue weighted by Gasteiger charge is -2.47. The molecule has 0 aromatic heterocycles. The lowest BCUT2D eigenvalue weighted by Crippen LogP contribution is -2.61. The summed E-state index contributed by atoms with van der Waals surface area (Å²) in [5.74, 6) is 0. The van der Waals surface area contributed by atoms with Crippen LogP contribution in [-0.2, 0) is 16.2 Å². The third kappa shape index (κ3) is 5.13. The number of fused-ring (bicyclic) bond motifs is 11. The van der Waals surface area contributed by atoms with Crippen LogP contribution >= 0.6 is 0 Å². The van der Waals surface area contributed by atoms with E-state index < -0.39 is 0 Å². The van der Waals surface area contributed by atoms with Gasteiger partial charge in [0.2, 0.25) is 0 Å². The largest absolute Gasteiger partial charge is 0.376 e. The summed E-state index contributed by atoms with van der Waals surface area (Å²) in [6, 6.07) is 56.2. The predicted molar refractivity (Wildman–Crippen MR) is 255 cm³/mol. The molecule has 1 aliphatic carbocycles. The van der Waals surface area contributed by atoms with E-state index >= 15 is 0 Å². The molecule has 0 spiro atoms. The Bertz CT molecular complexity index is 3070. The van der Waals surface area contributed by atoms with Crippen LogP contribution in [0.4, 0.5) is 28.4 Å². The molecule has 0 atom stereocenters. The number of rotatable bonds is 2. The van der Waals surface area contributed by atoms with Crippen LogP contribution < -0.4 is 20.6 Å². The molecule has 2 nitrogen and oxygen atoms in total. The van der Waals surface area contributed by atoms with E-state index in [1.807, 2.05) is 0 Å². The van der Waals surface area contributed by atoms with Crippen molar-refractivity contribution in [2.24, 2.45) is 0 Å². The molecule has 2 aliphatic heterocycles. The Hall–Kier alpha value is -6.06. The van der Waals surface area contributed by atoms with E-state index in [9.17, 15) is 0 Å². The van der Waals surface area contributed by atoms with Crippen LogP contribution in [0.1, 0.15) is 83.2 Å². The molecule has 0 bridgehead atoms. The van der Waals surface area contributed by atoms with Gasteiger partial charge in [0.15, 0.2) is 0 Å². The normalized spacial score (nSPS) is 14.9. The first-order chi connectivity index (χ1) is 28.2. The molecule has 59 heavy (non-hydrogen) atoms. The molecule has 0 unspecified atom stereocenters. The molecule has 3 aliphatic rings. The van der Waals surface area contributed by atoms with Crippen molar-refractivity contribution >= 4 is 67.8 Å². The standard InChI is InChI=1S/C56H51BN2/c1-34-30-38(55(5,6)7)25-29-47(34)58-49-33-45-43(42-20-14-15-21-44(42)56(45,8)9)32-46(49)57-53-50(58)31-36-17-11-13-19-41(36)52(53)51-40-18-12-10-16-35(40)22-28-48(51)59(57)39-26-23-37(24-27-39)54(2,3)4/h10-33H,1-9H3. The third-order valence-corrected chi connectivity index (χ3v) is 13.8. The number of aryl methyl sites for hydroxylation is 1. The van der Waals surface area contributed by atoms with Gasteiger partial charge in [-0.25, -0.2) is 0 Å². The minimum absolute atomic E-state index is 0.0424. The van der Waals surface area contributed by atoms with E-state index in [0.717, 1.165) is 0 Å². The van der Waals surface area contributed by atoms with E-state index in [4.69, 9.17) is 0 Å². The molecule has 0 saturated carbocycles. The highest BCUT2D eigenvalue weighted by atomic mass is 15.2. The Morgan fingerprint density at radius 3 is 1.83 bits per heavy atom. The number of hydrogen-bond acceptors (Lipinski definition) is 2. The fourth-order valence-corrected chi connectivity index (χ4v) is 10.7. The van der Waals surface area contributed by atoms with Crippen molar-refractivity contribution in [3.63, 3.8) is 0 Å². The van der Waals surface area contributed by atoms with Crippen molar-refractivity contribution in [3.8, 4) is 22.3 Å². The summed E-state index contributed by atoms with van der Waals surface area (Å²) in [4.78, 5) is 5.31. The summed E-state index contributed by atoms with van der Waals surface area (Å²) in [5, 5.41) is 5.10. The smallest absolute Gasteiger partial charge is 0.333 e. The Balaban J connectivity index is 1.31. The third-order valence-electron chi connectivity index (χ3n) is 13.8. The van der Waals surface area contributed by atoms with Crippen LogP contribution in [0.2, 0.25) is 0 Å². The summed E-state index contributed by atoms with van der Waals surface area (Å²) < 4.78 is 0. The summed E-state index contributed by atoms with van der Waals surface area (Å²) in [5.41, 5.74) is 20.9. The van der Waals surface area contributed by atoms with Gasteiger partial charge in [-0.1, -0.05) is 165 Å². The zero-order chi connectivity index (χ0) is 40.7. The maximum absolute atomic E-state index is 2.68. The molecule has 0 N–H and O–H groups in total.